The van der Waals surface area contributed by atoms with E-state index in [-0.39, 0.29) is 11.9 Å². The molecule has 1 aromatic carbocycles. The molecule has 0 saturated heterocycles. The van der Waals surface area contributed by atoms with E-state index in [1.165, 1.54) is 11.6 Å². The maximum atomic E-state index is 13.0. The Labute approximate surface area is 97.9 Å². The minimum atomic E-state index is -0.164. The largest absolute Gasteiger partial charge is 0.328 e. The van der Waals surface area contributed by atoms with Gasteiger partial charge in [-0.25, -0.2) is 4.39 Å². The molecule has 0 spiro atoms. The van der Waals surface area contributed by atoms with Crippen molar-refractivity contribution in [1.29, 1.82) is 0 Å². The molecule has 1 aromatic rings. The molecular formula is C14H22FN. The van der Waals surface area contributed by atoms with Crippen molar-refractivity contribution in [1.82, 2.24) is 0 Å². The predicted octanol–water partition coefficient (Wildman–Crippen LogP) is 3.30. The highest BCUT2D eigenvalue weighted by Gasteiger charge is 2.19. The molecule has 0 radical (unpaired) electrons. The highest BCUT2D eigenvalue weighted by molar-refractivity contribution is 5.27. The summed E-state index contributed by atoms with van der Waals surface area (Å²) >= 11 is 0. The third-order valence-electron chi connectivity index (χ3n) is 3.29. The van der Waals surface area contributed by atoms with Crippen molar-refractivity contribution >= 4 is 0 Å². The van der Waals surface area contributed by atoms with Gasteiger partial charge < -0.3 is 5.73 Å². The Bertz CT molecular complexity index is 337. The first-order valence-corrected chi connectivity index (χ1v) is 5.92. The monoisotopic (exact) mass is 223 g/mol. The summed E-state index contributed by atoms with van der Waals surface area (Å²) in [5.41, 5.74) is 8.22. The van der Waals surface area contributed by atoms with Gasteiger partial charge in [-0.1, -0.05) is 19.9 Å². The zero-order chi connectivity index (χ0) is 12.3. The van der Waals surface area contributed by atoms with Gasteiger partial charge in [0, 0.05) is 6.04 Å². The molecule has 0 saturated carbocycles. The van der Waals surface area contributed by atoms with Crippen LogP contribution >= 0.6 is 0 Å². The summed E-state index contributed by atoms with van der Waals surface area (Å²) in [4.78, 5) is 0. The van der Waals surface area contributed by atoms with Gasteiger partial charge in [-0.3, -0.25) is 0 Å². The van der Waals surface area contributed by atoms with Crippen LogP contribution in [0.25, 0.3) is 0 Å². The molecule has 0 aliphatic carbocycles. The lowest BCUT2D eigenvalue weighted by Crippen LogP contribution is -2.32. The molecule has 2 heteroatoms. The van der Waals surface area contributed by atoms with E-state index in [2.05, 4.69) is 13.8 Å². The maximum absolute atomic E-state index is 13.0. The molecule has 2 unspecified atom stereocenters. The second kappa shape index (κ2) is 5.44. The first-order chi connectivity index (χ1) is 7.41. The number of nitrogens with two attached hydrogens (primary N) is 1. The molecular weight excluding hydrogens is 201 g/mol. The zero-order valence-corrected chi connectivity index (χ0v) is 10.6. The SMILES string of the molecule is Cc1cc(F)ccc1CC(C(C)C)C(C)N. The van der Waals surface area contributed by atoms with Crippen molar-refractivity contribution < 1.29 is 4.39 Å². The summed E-state index contributed by atoms with van der Waals surface area (Å²) in [7, 11) is 0. The summed E-state index contributed by atoms with van der Waals surface area (Å²) in [6, 6.07) is 5.17. The Morgan fingerprint density at radius 1 is 1.25 bits per heavy atom. The number of benzene rings is 1. The second-order valence-corrected chi connectivity index (χ2v) is 5.04. The Morgan fingerprint density at radius 2 is 1.88 bits per heavy atom. The van der Waals surface area contributed by atoms with Crippen molar-refractivity contribution in [3.05, 3.63) is 35.1 Å². The number of hydrogen-bond acceptors (Lipinski definition) is 1. The van der Waals surface area contributed by atoms with Gasteiger partial charge in [0.25, 0.3) is 0 Å². The summed E-state index contributed by atoms with van der Waals surface area (Å²) in [5, 5.41) is 0. The lowest BCUT2D eigenvalue weighted by molar-refractivity contribution is 0.329. The van der Waals surface area contributed by atoms with Crippen LogP contribution in [0, 0.1) is 24.6 Å². The van der Waals surface area contributed by atoms with Gasteiger partial charge in [-0.2, -0.15) is 0 Å². The molecule has 0 aliphatic heterocycles. The van der Waals surface area contributed by atoms with Gasteiger partial charge in [0.2, 0.25) is 0 Å². The smallest absolute Gasteiger partial charge is 0.123 e. The lowest BCUT2D eigenvalue weighted by atomic mass is 9.83. The first kappa shape index (κ1) is 13.2. The van der Waals surface area contributed by atoms with E-state index in [0.717, 1.165) is 12.0 Å². The quantitative estimate of drug-likeness (QED) is 0.832. The molecule has 16 heavy (non-hydrogen) atoms. The van der Waals surface area contributed by atoms with E-state index in [1.807, 2.05) is 19.9 Å². The van der Waals surface area contributed by atoms with Crippen molar-refractivity contribution in [2.45, 2.75) is 40.2 Å². The Morgan fingerprint density at radius 3 is 2.31 bits per heavy atom. The molecule has 1 nitrogen and oxygen atoms in total. The Kier molecular flexibility index (Phi) is 4.48. The summed E-state index contributed by atoms with van der Waals surface area (Å²) < 4.78 is 13.0. The average molecular weight is 223 g/mol. The van der Waals surface area contributed by atoms with Crippen LogP contribution in [0.4, 0.5) is 4.39 Å². The first-order valence-electron chi connectivity index (χ1n) is 5.92. The van der Waals surface area contributed by atoms with Crippen LogP contribution in [0.15, 0.2) is 18.2 Å². The minimum Gasteiger partial charge on any atom is -0.328 e. The van der Waals surface area contributed by atoms with E-state index in [4.69, 9.17) is 5.73 Å². The van der Waals surface area contributed by atoms with Gasteiger partial charge in [0.05, 0.1) is 0 Å². The van der Waals surface area contributed by atoms with Crippen LogP contribution < -0.4 is 5.73 Å². The van der Waals surface area contributed by atoms with Crippen molar-refractivity contribution in [2.24, 2.45) is 17.6 Å². The van der Waals surface area contributed by atoms with Crippen LogP contribution in [0.5, 0.6) is 0 Å². The normalized spacial score (nSPS) is 15.2. The third-order valence-corrected chi connectivity index (χ3v) is 3.29. The van der Waals surface area contributed by atoms with Crippen LogP contribution in [-0.4, -0.2) is 6.04 Å². The van der Waals surface area contributed by atoms with Gasteiger partial charge in [0.15, 0.2) is 0 Å². The predicted molar refractivity (Wildman–Crippen MR) is 66.8 cm³/mol. The molecule has 0 aromatic heterocycles. The number of hydrogen-bond donors (Lipinski definition) is 1. The minimum absolute atomic E-state index is 0.164. The fourth-order valence-electron chi connectivity index (χ4n) is 2.17. The molecule has 0 amide bonds. The molecule has 2 atom stereocenters. The summed E-state index contributed by atoms with van der Waals surface area (Å²) in [5.74, 6) is 0.830. The standard InChI is InChI=1S/C14H22FN/c1-9(2)14(11(4)16)8-12-5-6-13(15)7-10(12)3/h5-7,9,11,14H,8,16H2,1-4H3. The summed E-state index contributed by atoms with van der Waals surface area (Å²) in [6.07, 6.45) is 0.932. The number of aryl methyl sites for hydroxylation is 1. The number of rotatable bonds is 4. The lowest BCUT2D eigenvalue weighted by Gasteiger charge is -2.25. The Hall–Kier alpha value is -0.890. The van der Waals surface area contributed by atoms with Gasteiger partial charge in [-0.05, 0) is 55.4 Å². The molecule has 90 valence electrons. The van der Waals surface area contributed by atoms with Gasteiger partial charge in [-0.15, -0.1) is 0 Å². The van der Waals surface area contributed by atoms with Crippen LogP contribution in [0.1, 0.15) is 31.9 Å². The van der Waals surface area contributed by atoms with E-state index < -0.39 is 0 Å². The van der Waals surface area contributed by atoms with E-state index >= 15 is 0 Å². The van der Waals surface area contributed by atoms with Crippen molar-refractivity contribution in [3.63, 3.8) is 0 Å². The highest BCUT2D eigenvalue weighted by Crippen LogP contribution is 2.22. The van der Waals surface area contributed by atoms with E-state index in [9.17, 15) is 4.39 Å². The Balaban J connectivity index is 2.85. The molecule has 2 N–H and O–H groups in total. The average Bonchev–Trinajstić information content (AvgIpc) is 2.15. The van der Waals surface area contributed by atoms with Crippen LogP contribution in [0.2, 0.25) is 0 Å². The fourth-order valence-corrected chi connectivity index (χ4v) is 2.17. The number of halogens is 1. The highest BCUT2D eigenvalue weighted by atomic mass is 19.1. The summed E-state index contributed by atoms with van der Waals surface area (Å²) in [6.45, 7) is 8.38. The molecule has 0 bridgehead atoms. The van der Waals surface area contributed by atoms with Crippen molar-refractivity contribution in [3.8, 4) is 0 Å². The van der Waals surface area contributed by atoms with E-state index in [0.29, 0.717) is 11.8 Å². The third kappa shape index (κ3) is 3.31. The maximum Gasteiger partial charge on any atom is 0.123 e. The van der Waals surface area contributed by atoms with Crippen molar-refractivity contribution in [2.75, 3.05) is 0 Å². The van der Waals surface area contributed by atoms with Crippen LogP contribution in [-0.2, 0) is 6.42 Å². The van der Waals surface area contributed by atoms with Gasteiger partial charge >= 0.3 is 0 Å². The van der Waals surface area contributed by atoms with E-state index in [1.54, 1.807) is 6.07 Å². The molecule has 0 heterocycles. The van der Waals surface area contributed by atoms with Crippen LogP contribution in [0.3, 0.4) is 0 Å². The van der Waals surface area contributed by atoms with Gasteiger partial charge in [0.1, 0.15) is 5.82 Å². The molecule has 0 aliphatic rings. The topological polar surface area (TPSA) is 26.0 Å². The second-order valence-electron chi connectivity index (χ2n) is 5.04. The molecule has 1 rings (SSSR count). The zero-order valence-electron chi connectivity index (χ0n) is 10.6. The fraction of sp³-hybridized carbons (Fsp3) is 0.571. The molecule has 0 fully saturated rings.